The molecule has 5 nitrogen and oxygen atoms in total. The maximum Gasteiger partial charge on any atom is 0.244 e. The Hall–Kier alpha value is -2.08. The summed E-state index contributed by atoms with van der Waals surface area (Å²) in [4.78, 5) is 22.2. The Labute approximate surface area is 172 Å². The van der Waals surface area contributed by atoms with Crippen LogP contribution in [-0.2, 0) is 4.79 Å². The molecule has 0 saturated carbocycles. The van der Waals surface area contributed by atoms with Crippen molar-refractivity contribution in [2.45, 2.75) is 13.0 Å². The van der Waals surface area contributed by atoms with Crippen LogP contribution in [0.5, 0.6) is 0 Å². The van der Waals surface area contributed by atoms with Crippen LogP contribution in [0.3, 0.4) is 0 Å². The number of likely N-dealkylation sites (N-methyl/N-ethyl adjacent to an activating group) is 1. The van der Waals surface area contributed by atoms with E-state index in [0.717, 1.165) is 54.8 Å². The summed E-state index contributed by atoms with van der Waals surface area (Å²) in [6.45, 7) is 7.35. The molecule has 2 aromatic rings. The Bertz CT molecular complexity index is 850. The second-order valence-electron chi connectivity index (χ2n) is 7.63. The molecule has 0 spiro atoms. The zero-order chi connectivity index (χ0) is 19.7. The lowest BCUT2D eigenvalue weighted by Crippen LogP contribution is -2.55. The molecule has 1 saturated heterocycles. The van der Waals surface area contributed by atoms with Crippen molar-refractivity contribution in [2.24, 2.45) is 0 Å². The van der Waals surface area contributed by atoms with E-state index in [-0.39, 0.29) is 11.9 Å². The predicted molar refractivity (Wildman–Crippen MR) is 116 cm³/mol. The Morgan fingerprint density at radius 3 is 2.36 bits per heavy atom. The molecule has 2 aromatic carbocycles. The first-order chi connectivity index (χ1) is 13.5. The zero-order valence-corrected chi connectivity index (χ0v) is 17.3. The minimum absolute atomic E-state index is 0.112. The molecule has 0 radical (unpaired) electrons. The first-order valence-corrected chi connectivity index (χ1v) is 10.3. The van der Waals surface area contributed by atoms with Gasteiger partial charge in [-0.05, 0) is 44.3 Å². The summed E-state index contributed by atoms with van der Waals surface area (Å²) in [6, 6.07) is 15.9. The number of carbonyl (C=O) groups excluding carboxylic acids is 1. The first-order valence-electron chi connectivity index (χ1n) is 9.91. The molecular weight excluding hydrogens is 372 g/mol. The molecule has 2 aliphatic rings. The summed E-state index contributed by atoms with van der Waals surface area (Å²) in [5, 5.41) is 0.720. The number of amides is 1. The molecule has 0 bridgehead atoms. The average molecular weight is 399 g/mol. The number of hydrogen-bond donors (Lipinski definition) is 0. The maximum atomic E-state index is 13.4. The van der Waals surface area contributed by atoms with Crippen LogP contribution in [0, 0.1) is 0 Å². The molecule has 0 aromatic heterocycles. The Balaban J connectivity index is 1.59. The molecule has 1 fully saturated rings. The number of hydrogen-bond acceptors (Lipinski definition) is 4. The van der Waals surface area contributed by atoms with Gasteiger partial charge in [0.25, 0.3) is 0 Å². The molecule has 4 rings (SSSR count). The van der Waals surface area contributed by atoms with Gasteiger partial charge in [-0.1, -0.05) is 29.8 Å². The van der Waals surface area contributed by atoms with E-state index in [1.54, 1.807) is 0 Å². The number of nitrogens with zero attached hydrogens (tertiary/aromatic N) is 4. The fourth-order valence-electron chi connectivity index (χ4n) is 4.09. The van der Waals surface area contributed by atoms with Crippen LogP contribution in [0.25, 0.3) is 0 Å². The number of piperazine rings is 1. The molecule has 1 atom stereocenters. The van der Waals surface area contributed by atoms with E-state index >= 15 is 0 Å². The summed E-state index contributed by atoms with van der Waals surface area (Å²) in [6.07, 6.45) is 0. The summed E-state index contributed by atoms with van der Waals surface area (Å²) < 4.78 is 0. The monoisotopic (exact) mass is 398 g/mol. The van der Waals surface area contributed by atoms with E-state index in [4.69, 9.17) is 11.6 Å². The van der Waals surface area contributed by atoms with Crippen LogP contribution in [0.4, 0.5) is 17.1 Å². The van der Waals surface area contributed by atoms with E-state index in [0.29, 0.717) is 6.54 Å². The van der Waals surface area contributed by atoms with Crippen LogP contribution < -0.4 is 9.80 Å². The van der Waals surface area contributed by atoms with Gasteiger partial charge in [-0.15, -0.1) is 0 Å². The number of para-hydroxylation sites is 2. The minimum Gasteiger partial charge on any atom is -0.338 e. The Morgan fingerprint density at radius 1 is 0.929 bits per heavy atom. The minimum atomic E-state index is -0.112. The van der Waals surface area contributed by atoms with Crippen molar-refractivity contribution < 1.29 is 4.79 Å². The van der Waals surface area contributed by atoms with E-state index in [1.165, 1.54) is 0 Å². The van der Waals surface area contributed by atoms with Crippen molar-refractivity contribution >= 4 is 34.6 Å². The molecule has 2 heterocycles. The molecule has 28 heavy (non-hydrogen) atoms. The van der Waals surface area contributed by atoms with E-state index in [2.05, 4.69) is 33.9 Å². The van der Waals surface area contributed by atoms with Crippen molar-refractivity contribution in [3.63, 3.8) is 0 Å². The highest BCUT2D eigenvalue weighted by Crippen LogP contribution is 2.38. The summed E-state index contributed by atoms with van der Waals surface area (Å²) in [5.74, 6) is 0.183. The molecule has 1 unspecified atom stereocenters. The highest BCUT2D eigenvalue weighted by Gasteiger charge is 2.33. The topological polar surface area (TPSA) is 30.0 Å². The standard InChI is InChI=1S/C22H27ClN4O/c1-17(25-12-10-24(2)11-13-25)22(28)27-15-14-26(19-7-5-6-18(23)16-19)20-8-3-4-9-21(20)27/h3-9,16-17H,10-15H2,1-2H3. The van der Waals surface area contributed by atoms with Crippen molar-refractivity contribution in [3.8, 4) is 0 Å². The van der Waals surface area contributed by atoms with Gasteiger partial charge in [-0.2, -0.15) is 0 Å². The number of halogens is 1. The molecule has 1 amide bonds. The number of rotatable bonds is 3. The lowest BCUT2D eigenvalue weighted by molar-refractivity contribution is -0.123. The van der Waals surface area contributed by atoms with Gasteiger partial charge in [0, 0.05) is 50.0 Å². The molecule has 6 heteroatoms. The summed E-state index contributed by atoms with van der Waals surface area (Å²) in [7, 11) is 2.13. The van der Waals surface area contributed by atoms with Gasteiger partial charge < -0.3 is 14.7 Å². The quantitative estimate of drug-likeness (QED) is 0.792. The molecule has 2 aliphatic heterocycles. The van der Waals surface area contributed by atoms with Gasteiger partial charge in [0.15, 0.2) is 0 Å². The summed E-state index contributed by atoms with van der Waals surface area (Å²) in [5.41, 5.74) is 3.08. The van der Waals surface area contributed by atoms with Crippen molar-refractivity contribution in [2.75, 3.05) is 56.1 Å². The molecule has 148 valence electrons. The van der Waals surface area contributed by atoms with Crippen molar-refractivity contribution in [1.82, 2.24) is 9.80 Å². The molecule has 0 aliphatic carbocycles. The van der Waals surface area contributed by atoms with E-state index in [1.807, 2.05) is 48.2 Å². The van der Waals surface area contributed by atoms with Crippen LogP contribution in [0.15, 0.2) is 48.5 Å². The molecule has 0 N–H and O–H groups in total. The van der Waals surface area contributed by atoms with Gasteiger partial charge in [0.05, 0.1) is 17.4 Å². The van der Waals surface area contributed by atoms with Gasteiger partial charge in [-0.25, -0.2) is 0 Å². The third kappa shape index (κ3) is 3.75. The van der Waals surface area contributed by atoms with Crippen molar-refractivity contribution in [3.05, 3.63) is 53.6 Å². The van der Waals surface area contributed by atoms with Gasteiger partial charge >= 0.3 is 0 Å². The normalized spacial score (nSPS) is 19.4. The SMILES string of the molecule is CC(C(=O)N1CCN(c2cccc(Cl)c2)c2ccccc21)N1CCN(C)CC1. The third-order valence-corrected chi connectivity index (χ3v) is 6.07. The fraction of sp³-hybridized carbons (Fsp3) is 0.409. The second kappa shape index (κ2) is 8.11. The van der Waals surface area contributed by atoms with Gasteiger partial charge in [0.2, 0.25) is 5.91 Å². The Kier molecular flexibility index (Phi) is 5.58. The van der Waals surface area contributed by atoms with Gasteiger partial charge in [0.1, 0.15) is 0 Å². The largest absolute Gasteiger partial charge is 0.338 e. The smallest absolute Gasteiger partial charge is 0.244 e. The van der Waals surface area contributed by atoms with Crippen LogP contribution >= 0.6 is 11.6 Å². The zero-order valence-electron chi connectivity index (χ0n) is 16.5. The van der Waals surface area contributed by atoms with E-state index < -0.39 is 0 Å². The highest BCUT2D eigenvalue weighted by atomic mass is 35.5. The lowest BCUT2D eigenvalue weighted by atomic mass is 10.1. The van der Waals surface area contributed by atoms with Crippen LogP contribution in [-0.4, -0.2) is 68.1 Å². The second-order valence-corrected chi connectivity index (χ2v) is 8.06. The number of carbonyl (C=O) groups is 1. The number of benzene rings is 2. The van der Waals surface area contributed by atoms with E-state index in [9.17, 15) is 4.79 Å². The number of anilines is 3. The van der Waals surface area contributed by atoms with Crippen LogP contribution in [0.2, 0.25) is 5.02 Å². The van der Waals surface area contributed by atoms with Gasteiger partial charge in [-0.3, -0.25) is 9.69 Å². The first kappa shape index (κ1) is 19.2. The highest BCUT2D eigenvalue weighted by molar-refractivity contribution is 6.30. The third-order valence-electron chi connectivity index (χ3n) is 5.84. The van der Waals surface area contributed by atoms with Crippen molar-refractivity contribution in [1.29, 1.82) is 0 Å². The Morgan fingerprint density at radius 2 is 1.64 bits per heavy atom. The lowest BCUT2D eigenvalue weighted by Gasteiger charge is -2.41. The van der Waals surface area contributed by atoms with Crippen LogP contribution in [0.1, 0.15) is 6.92 Å². The maximum absolute atomic E-state index is 13.4. The fourth-order valence-corrected chi connectivity index (χ4v) is 4.28. The molecular formula is C22H27ClN4O. The summed E-state index contributed by atoms with van der Waals surface area (Å²) >= 11 is 6.21. The predicted octanol–water partition coefficient (Wildman–Crippen LogP) is 3.46. The number of fused-ring (bicyclic) bond motifs is 1. The average Bonchev–Trinajstić information content (AvgIpc) is 2.72.